The Morgan fingerprint density at radius 1 is 1.46 bits per heavy atom. The average molecular weight is 370 g/mol. The average Bonchev–Trinajstić information content (AvgIpc) is 3.31. The van der Waals surface area contributed by atoms with E-state index in [1.54, 1.807) is 11.3 Å². The van der Waals surface area contributed by atoms with Crippen molar-refractivity contribution in [1.29, 1.82) is 0 Å². The van der Waals surface area contributed by atoms with Crippen molar-refractivity contribution in [2.45, 2.75) is 38.3 Å². The van der Waals surface area contributed by atoms with Gasteiger partial charge in [-0.25, -0.2) is 9.78 Å². The summed E-state index contributed by atoms with van der Waals surface area (Å²) in [5.74, 6) is -0.289. The van der Waals surface area contributed by atoms with E-state index in [1.165, 1.54) is 16.8 Å². The lowest BCUT2D eigenvalue weighted by molar-refractivity contribution is 0.0936. The summed E-state index contributed by atoms with van der Waals surface area (Å²) in [6.07, 6.45) is 3.97. The number of carbonyl (C=O) groups excluding carboxylic acids is 1. The van der Waals surface area contributed by atoms with Gasteiger partial charge in [0.1, 0.15) is 5.65 Å². The van der Waals surface area contributed by atoms with Crippen molar-refractivity contribution in [3.05, 3.63) is 61.1 Å². The van der Waals surface area contributed by atoms with Gasteiger partial charge in [-0.1, -0.05) is 13.0 Å². The van der Waals surface area contributed by atoms with Crippen LogP contribution in [0.5, 0.6) is 0 Å². The fraction of sp³-hybridized carbons (Fsp3) is 0.333. The SMILES string of the molecule is CCC(NC(=O)c1cnc2c(c1)c(=O)[nH]c(=O)n2C1CC1)c1cccs1. The Bertz CT molecular complexity index is 1080. The van der Waals surface area contributed by atoms with Crippen LogP contribution in [0, 0.1) is 0 Å². The number of fused-ring (bicyclic) bond motifs is 1. The van der Waals surface area contributed by atoms with Gasteiger partial charge in [-0.15, -0.1) is 11.3 Å². The highest BCUT2D eigenvalue weighted by Crippen LogP contribution is 2.34. The van der Waals surface area contributed by atoms with Crippen molar-refractivity contribution in [1.82, 2.24) is 19.9 Å². The summed E-state index contributed by atoms with van der Waals surface area (Å²) in [4.78, 5) is 44.6. The van der Waals surface area contributed by atoms with Gasteiger partial charge in [-0.3, -0.25) is 19.1 Å². The number of nitrogens with zero attached hydrogens (tertiary/aromatic N) is 2. The van der Waals surface area contributed by atoms with Gasteiger partial charge in [0.2, 0.25) is 0 Å². The molecule has 0 spiro atoms. The van der Waals surface area contributed by atoms with Crippen LogP contribution in [0.2, 0.25) is 0 Å². The maximum Gasteiger partial charge on any atom is 0.330 e. The first-order valence-electron chi connectivity index (χ1n) is 8.57. The summed E-state index contributed by atoms with van der Waals surface area (Å²) in [5, 5.41) is 5.21. The molecule has 3 aromatic rings. The number of hydrogen-bond acceptors (Lipinski definition) is 5. The van der Waals surface area contributed by atoms with E-state index in [0.29, 0.717) is 11.2 Å². The number of nitrogens with one attached hydrogen (secondary N) is 2. The quantitative estimate of drug-likeness (QED) is 0.720. The molecule has 1 unspecified atom stereocenters. The van der Waals surface area contributed by atoms with E-state index in [9.17, 15) is 14.4 Å². The highest BCUT2D eigenvalue weighted by Gasteiger charge is 2.28. The summed E-state index contributed by atoms with van der Waals surface area (Å²) < 4.78 is 1.51. The van der Waals surface area contributed by atoms with Gasteiger partial charge in [-0.2, -0.15) is 0 Å². The molecular weight excluding hydrogens is 352 g/mol. The van der Waals surface area contributed by atoms with Crippen molar-refractivity contribution < 1.29 is 4.79 Å². The fourth-order valence-corrected chi connectivity index (χ4v) is 3.90. The molecule has 0 bridgehead atoms. The second-order valence-corrected chi connectivity index (χ2v) is 7.38. The minimum atomic E-state index is -0.519. The number of aromatic amines is 1. The second kappa shape index (κ2) is 6.53. The zero-order valence-corrected chi connectivity index (χ0v) is 15.0. The van der Waals surface area contributed by atoms with Crippen LogP contribution in [-0.2, 0) is 0 Å². The highest BCUT2D eigenvalue weighted by molar-refractivity contribution is 7.10. The molecule has 0 aromatic carbocycles. The molecule has 1 aliphatic carbocycles. The monoisotopic (exact) mass is 370 g/mol. The minimum absolute atomic E-state index is 0.0809. The van der Waals surface area contributed by atoms with Gasteiger partial charge < -0.3 is 5.32 Å². The number of thiophene rings is 1. The highest BCUT2D eigenvalue weighted by atomic mass is 32.1. The molecule has 134 valence electrons. The van der Waals surface area contributed by atoms with Gasteiger partial charge >= 0.3 is 5.69 Å². The number of amides is 1. The zero-order chi connectivity index (χ0) is 18.3. The maximum atomic E-state index is 12.6. The summed E-state index contributed by atoms with van der Waals surface area (Å²) in [6, 6.07) is 5.43. The van der Waals surface area contributed by atoms with Gasteiger partial charge in [0.25, 0.3) is 11.5 Å². The van der Waals surface area contributed by atoms with E-state index in [2.05, 4.69) is 15.3 Å². The lowest BCUT2D eigenvalue weighted by Gasteiger charge is -2.15. The molecule has 26 heavy (non-hydrogen) atoms. The molecule has 2 N–H and O–H groups in total. The van der Waals surface area contributed by atoms with Crippen LogP contribution < -0.4 is 16.6 Å². The molecule has 7 nitrogen and oxygen atoms in total. The Balaban J connectivity index is 1.70. The lowest BCUT2D eigenvalue weighted by atomic mass is 10.1. The van der Waals surface area contributed by atoms with Crippen LogP contribution in [0.4, 0.5) is 0 Å². The molecule has 4 rings (SSSR count). The smallest absolute Gasteiger partial charge is 0.330 e. The molecule has 1 atom stereocenters. The number of pyridine rings is 1. The number of aromatic nitrogens is 3. The predicted molar refractivity (Wildman–Crippen MR) is 99.7 cm³/mol. The van der Waals surface area contributed by atoms with Crippen molar-refractivity contribution in [2.24, 2.45) is 0 Å². The Hall–Kier alpha value is -2.74. The Morgan fingerprint density at radius 3 is 2.92 bits per heavy atom. The third-order valence-corrected chi connectivity index (χ3v) is 5.54. The minimum Gasteiger partial charge on any atom is -0.344 e. The van der Waals surface area contributed by atoms with Crippen molar-refractivity contribution >= 4 is 28.3 Å². The molecule has 1 fully saturated rings. The molecule has 0 aliphatic heterocycles. The first kappa shape index (κ1) is 16.7. The van der Waals surface area contributed by atoms with Gasteiger partial charge in [0, 0.05) is 17.1 Å². The van der Waals surface area contributed by atoms with E-state index in [1.807, 2.05) is 24.4 Å². The number of rotatable bonds is 5. The molecule has 3 aromatic heterocycles. The van der Waals surface area contributed by atoms with Crippen molar-refractivity contribution in [3.63, 3.8) is 0 Å². The van der Waals surface area contributed by atoms with E-state index in [4.69, 9.17) is 0 Å². The predicted octanol–water partition coefficient (Wildman–Crippen LogP) is 2.36. The second-order valence-electron chi connectivity index (χ2n) is 6.41. The van der Waals surface area contributed by atoms with Crippen LogP contribution in [0.3, 0.4) is 0 Å². The van der Waals surface area contributed by atoms with E-state index in [0.717, 1.165) is 24.1 Å². The van der Waals surface area contributed by atoms with Crippen LogP contribution in [-0.4, -0.2) is 20.4 Å². The Kier molecular flexibility index (Phi) is 4.20. The maximum absolute atomic E-state index is 12.6. The molecular formula is C18H18N4O3S. The third-order valence-electron chi connectivity index (χ3n) is 4.55. The van der Waals surface area contributed by atoms with Crippen molar-refractivity contribution in [2.75, 3.05) is 0 Å². The van der Waals surface area contributed by atoms with Crippen molar-refractivity contribution in [3.8, 4) is 0 Å². The summed E-state index contributed by atoms with van der Waals surface area (Å²) in [6.45, 7) is 2.00. The van der Waals surface area contributed by atoms with Gasteiger partial charge in [0.15, 0.2) is 0 Å². The standard InChI is InChI=1S/C18H18N4O3S/c1-2-13(14-4-3-7-26-14)20-16(23)10-8-12-15(19-9-10)22(11-5-6-11)18(25)21-17(12)24/h3-4,7-9,11,13H,2,5-6H2,1H3,(H,20,23)(H,21,24,25). The number of carbonyl (C=O) groups is 1. The first-order chi connectivity index (χ1) is 12.6. The zero-order valence-electron chi connectivity index (χ0n) is 14.2. The molecule has 0 saturated heterocycles. The topological polar surface area (TPSA) is 96.8 Å². The van der Waals surface area contributed by atoms with Crippen LogP contribution in [0.1, 0.15) is 53.5 Å². The first-order valence-corrected chi connectivity index (χ1v) is 9.45. The summed E-state index contributed by atoms with van der Waals surface area (Å²) in [7, 11) is 0. The van der Waals surface area contributed by atoms with Gasteiger partial charge in [0.05, 0.1) is 17.0 Å². The fourth-order valence-electron chi connectivity index (χ4n) is 3.04. The molecule has 1 amide bonds. The molecule has 1 saturated carbocycles. The third kappa shape index (κ3) is 2.96. The molecule has 8 heteroatoms. The lowest BCUT2D eigenvalue weighted by Crippen LogP contribution is -2.31. The molecule has 0 radical (unpaired) electrons. The van der Waals surface area contributed by atoms with Gasteiger partial charge in [-0.05, 0) is 36.8 Å². The largest absolute Gasteiger partial charge is 0.344 e. The number of hydrogen-bond donors (Lipinski definition) is 2. The molecule has 3 heterocycles. The van der Waals surface area contributed by atoms with Crippen LogP contribution in [0.15, 0.2) is 39.4 Å². The van der Waals surface area contributed by atoms with E-state index < -0.39 is 11.2 Å². The Labute approximate surface area is 152 Å². The van der Waals surface area contributed by atoms with E-state index >= 15 is 0 Å². The van der Waals surface area contributed by atoms with E-state index in [-0.39, 0.29) is 23.4 Å². The summed E-state index contributed by atoms with van der Waals surface area (Å²) in [5.41, 5.74) is -0.324. The molecule has 1 aliphatic rings. The summed E-state index contributed by atoms with van der Waals surface area (Å²) >= 11 is 1.59. The normalized spacial score (nSPS) is 15.1. The van der Waals surface area contributed by atoms with Crippen LogP contribution in [0.25, 0.3) is 11.0 Å². The Morgan fingerprint density at radius 2 is 2.27 bits per heavy atom. The van der Waals surface area contributed by atoms with Crippen LogP contribution >= 0.6 is 11.3 Å². The number of H-pyrrole nitrogens is 1.